The van der Waals surface area contributed by atoms with Crippen molar-refractivity contribution in [3.63, 3.8) is 0 Å². The maximum atomic E-state index is 12.2. The molecule has 1 aromatic carbocycles. The van der Waals surface area contributed by atoms with Crippen molar-refractivity contribution in [3.05, 3.63) is 34.7 Å². The van der Waals surface area contributed by atoms with Crippen LogP contribution in [0.4, 0.5) is 0 Å². The van der Waals surface area contributed by atoms with Crippen LogP contribution in [-0.2, 0) is 0 Å². The minimum atomic E-state index is -0.847. The highest BCUT2D eigenvalue weighted by molar-refractivity contribution is 7.21. The number of hydrogen-bond acceptors (Lipinski definition) is 3. The van der Waals surface area contributed by atoms with E-state index in [1.807, 2.05) is 38.1 Å². The molecule has 2 aromatic rings. The Morgan fingerprint density at radius 2 is 2.11 bits per heavy atom. The van der Waals surface area contributed by atoms with Gasteiger partial charge in [0.05, 0.1) is 10.5 Å². The molecule has 1 amide bonds. The van der Waals surface area contributed by atoms with Gasteiger partial charge in [-0.3, -0.25) is 4.79 Å². The van der Waals surface area contributed by atoms with Crippen molar-refractivity contribution in [1.82, 2.24) is 5.32 Å². The molecule has 1 atom stereocenters. The summed E-state index contributed by atoms with van der Waals surface area (Å²) in [4.78, 5) is 12.9. The molecule has 1 aromatic heterocycles. The lowest BCUT2D eigenvalue weighted by Gasteiger charge is -2.21. The van der Waals surface area contributed by atoms with Gasteiger partial charge < -0.3 is 10.4 Å². The number of fused-ring (bicyclic) bond motifs is 1. The number of carbonyl (C=O) groups excluding carboxylic acids is 1. The van der Waals surface area contributed by atoms with Crippen LogP contribution in [0.15, 0.2) is 24.3 Å². The van der Waals surface area contributed by atoms with Crippen LogP contribution in [0.1, 0.15) is 35.5 Å². The van der Waals surface area contributed by atoms with Gasteiger partial charge in [0.25, 0.3) is 5.91 Å². The highest BCUT2D eigenvalue weighted by Crippen LogP contribution is 2.30. The van der Waals surface area contributed by atoms with E-state index in [0.717, 1.165) is 20.5 Å². The third kappa shape index (κ3) is 2.96. The number of nitrogens with one attached hydrogen (secondary N) is 1. The predicted molar refractivity (Wildman–Crippen MR) is 79.8 cm³/mol. The summed E-state index contributed by atoms with van der Waals surface area (Å²) in [5.41, 5.74) is 0.162. The summed E-state index contributed by atoms with van der Waals surface area (Å²) in [6, 6.07) is 8.00. The van der Waals surface area contributed by atoms with Crippen LogP contribution in [0.2, 0.25) is 0 Å². The van der Waals surface area contributed by atoms with Crippen LogP contribution >= 0.6 is 11.3 Å². The van der Waals surface area contributed by atoms with Gasteiger partial charge in [-0.05, 0) is 37.3 Å². The Morgan fingerprint density at radius 3 is 2.74 bits per heavy atom. The normalized spacial score (nSPS) is 14.3. The monoisotopic (exact) mass is 277 g/mol. The van der Waals surface area contributed by atoms with E-state index in [0.29, 0.717) is 6.42 Å². The van der Waals surface area contributed by atoms with Crippen molar-refractivity contribution in [1.29, 1.82) is 0 Å². The van der Waals surface area contributed by atoms with E-state index in [4.69, 9.17) is 0 Å². The minimum Gasteiger partial charge on any atom is -0.388 e. The maximum Gasteiger partial charge on any atom is 0.261 e. The number of hydrogen-bond donors (Lipinski definition) is 2. The van der Waals surface area contributed by atoms with E-state index >= 15 is 0 Å². The second-order valence-corrected chi connectivity index (χ2v) is 6.14. The quantitative estimate of drug-likeness (QED) is 0.902. The Bertz CT molecular complexity index is 601. The summed E-state index contributed by atoms with van der Waals surface area (Å²) < 4.78 is 1.12. The molecule has 0 fully saturated rings. The Balaban J connectivity index is 2.20. The number of aryl methyl sites for hydroxylation is 1. The third-order valence-corrected chi connectivity index (χ3v) is 4.71. The molecule has 0 saturated heterocycles. The van der Waals surface area contributed by atoms with Crippen molar-refractivity contribution < 1.29 is 9.90 Å². The zero-order valence-electron chi connectivity index (χ0n) is 11.5. The molecule has 2 N–H and O–H groups in total. The van der Waals surface area contributed by atoms with Crippen molar-refractivity contribution in [2.45, 2.75) is 32.8 Å². The molecule has 0 aliphatic rings. The Hall–Kier alpha value is -1.39. The van der Waals surface area contributed by atoms with Gasteiger partial charge in [0, 0.05) is 11.2 Å². The molecule has 19 heavy (non-hydrogen) atoms. The number of aliphatic hydroxyl groups is 1. The fraction of sp³-hybridized carbons (Fsp3) is 0.400. The summed E-state index contributed by atoms with van der Waals surface area (Å²) in [6.45, 7) is 5.86. The van der Waals surface area contributed by atoms with Crippen molar-refractivity contribution in [2.75, 3.05) is 6.54 Å². The molecule has 102 valence electrons. The number of carbonyl (C=O) groups is 1. The van der Waals surface area contributed by atoms with E-state index < -0.39 is 5.60 Å². The summed E-state index contributed by atoms with van der Waals surface area (Å²) in [7, 11) is 0. The first-order chi connectivity index (χ1) is 8.94. The largest absolute Gasteiger partial charge is 0.388 e. The molecule has 0 saturated carbocycles. The van der Waals surface area contributed by atoms with Crippen LogP contribution in [0, 0.1) is 6.92 Å². The molecule has 0 aliphatic carbocycles. The van der Waals surface area contributed by atoms with E-state index in [9.17, 15) is 9.90 Å². The molecule has 0 radical (unpaired) electrons. The molecule has 1 heterocycles. The number of amides is 1. The highest BCUT2D eigenvalue weighted by Gasteiger charge is 2.21. The lowest BCUT2D eigenvalue weighted by molar-refractivity contribution is 0.0519. The topological polar surface area (TPSA) is 49.3 Å². The Kier molecular flexibility index (Phi) is 3.92. The lowest BCUT2D eigenvalue weighted by Crippen LogP contribution is -2.40. The first-order valence-electron chi connectivity index (χ1n) is 6.43. The smallest absolute Gasteiger partial charge is 0.261 e. The molecule has 0 aliphatic heterocycles. The van der Waals surface area contributed by atoms with Crippen LogP contribution in [0.5, 0.6) is 0 Å². The van der Waals surface area contributed by atoms with Crippen molar-refractivity contribution >= 4 is 27.3 Å². The van der Waals surface area contributed by atoms with Gasteiger partial charge in [-0.2, -0.15) is 0 Å². The molecule has 3 nitrogen and oxygen atoms in total. The van der Waals surface area contributed by atoms with E-state index in [2.05, 4.69) is 5.32 Å². The van der Waals surface area contributed by atoms with Gasteiger partial charge in [-0.1, -0.05) is 25.1 Å². The first-order valence-corrected chi connectivity index (χ1v) is 7.25. The number of rotatable bonds is 4. The zero-order valence-corrected chi connectivity index (χ0v) is 12.3. The van der Waals surface area contributed by atoms with Gasteiger partial charge in [0.15, 0.2) is 0 Å². The van der Waals surface area contributed by atoms with Gasteiger partial charge in [0.1, 0.15) is 0 Å². The lowest BCUT2D eigenvalue weighted by atomic mass is 10.0. The summed E-state index contributed by atoms with van der Waals surface area (Å²) >= 11 is 1.50. The van der Waals surface area contributed by atoms with Crippen molar-refractivity contribution in [2.24, 2.45) is 0 Å². The number of thiophene rings is 1. The van der Waals surface area contributed by atoms with E-state index in [1.54, 1.807) is 6.92 Å². The first kappa shape index (κ1) is 14.0. The van der Waals surface area contributed by atoms with Crippen LogP contribution < -0.4 is 5.32 Å². The average Bonchev–Trinajstić information content (AvgIpc) is 2.74. The van der Waals surface area contributed by atoms with E-state index in [-0.39, 0.29) is 12.5 Å². The van der Waals surface area contributed by atoms with Crippen LogP contribution in [-0.4, -0.2) is 23.2 Å². The Morgan fingerprint density at radius 1 is 1.42 bits per heavy atom. The standard InChI is InChI=1S/C15H19NO2S/c1-4-15(3,18)9-16-14(17)13-10(2)11-7-5-6-8-12(11)19-13/h5-8,18H,4,9H2,1-3H3,(H,16,17). The van der Waals surface area contributed by atoms with Crippen molar-refractivity contribution in [3.8, 4) is 0 Å². The molecule has 0 spiro atoms. The third-order valence-electron chi connectivity index (χ3n) is 3.44. The second-order valence-electron chi connectivity index (χ2n) is 5.09. The fourth-order valence-corrected chi connectivity index (χ4v) is 2.99. The van der Waals surface area contributed by atoms with Gasteiger partial charge in [-0.15, -0.1) is 11.3 Å². The second kappa shape index (κ2) is 5.31. The number of benzene rings is 1. The molecule has 1 unspecified atom stereocenters. The fourth-order valence-electron chi connectivity index (χ4n) is 1.87. The van der Waals surface area contributed by atoms with Gasteiger partial charge in [-0.25, -0.2) is 0 Å². The van der Waals surface area contributed by atoms with Crippen LogP contribution in [0.3, 0.4) is 0 Å². The molecule has 2 rings (SSSR count). The summed E-state index contributed by atoms with van der Waals surface area (Å²) in [5.74, 6) is -0.104. The summed E-state index contributed by atoms with van der Waals surface area (Å²) in [5, 5.41) is 13.9. The molecule has 4 heteroatoms. The molecular formula is C15H19NO2S. The SMILES string of the molecule is CCC(C)(O)CNC(=O)c1sc2ccccc2c1C. The molecule has 0 bridgehead atoms. The minimum absolute atomic E-state index is 0.104. The summed E-state index contributed by atoms with van der Waals surface area (Å²) in [6.07, 6.45) is 0.610. The van der Waals surface area contributed by atoms with Gasteiger partial charge >= 0.3 is 0 Å². The zero-order chi connectivity index (χ0) is 14.0. The van der Waals surface area contributed by atoms with Gasteiger partial charge in [0.2, 0.25) is 0 Å². The average molecular weight is 277 g/mol. The maximum absolute atomic E-state index is 12.2. The van der Waals surface area contributed by atoms with Crippen LogP contribution in [0.25, 0.3) is 10.1 Å². The highest BCUT2D eigenvalue weighted by atomic mass is 32.1. The van der Waals surface area contributed by atoms with E-state index in [1.165, 1.54) is 11.3 Å². The molecular weight excluding hydrogens is 258 g/mol. The Labute approximate surface area is 117 Å². The predicted octanol–water partition coefficient (Wildman–Crippen LogP) is 3.10.